The second-order valence-electron chi connectivity index (χ2n) is 7.89. The van der Waals surface area contributed by atoms with Gasteiger partial charge in [-0.2, -0.15) is 0 Å². The maximum Gasteiger partial charge on any atom is 0.355 e. The molecule has 172 valence electrons. The van der Waals surface area contributed by atoms with Crippen LogP contribution in [0.4, 0.5) is 5.69 Å². The molecule has 4 rings (SSSR count). The Morgan fingerprint density at radius 1 is 1.28 bits per heavy atom. The predicted octanol–water partition coefficient (Wildman–Crippen LogP) is 2.76. The van der Waals surface area contributed by atoms with E-state index in [0.29, 0.717) is 13.0 Å². The van der Waals surface area contributed by atoms with Crippen LogP contribution in [0, 0.1) is 0 Å². The second-order valence-corrected chi connectivity index (χ2v) is 10.1. The van der Waals surface area contributed by atoms with E-state index in [2.05, 4.69) is 20.9 Å². The number of aromatic nitrogens is 1. The molecule has 0 radical (unpaired) electrons. The number of piperazine rings is 1. The zero-order chi connectivity index (χ0) is 22.5. The van der Waals surface area contributed by atoms with Gasteiger partial charge >= 0.3 is 5.97 Å². The normalized spacial score (nSPS) is 19.5. The van der Waals surface area contributed by atoms with Crippen LogP contribution in [0.1, 0.15) is 23.3 Å². The molecule has 10 heteroatoms. The standard InChI is InChI=1S/C22H28N4O4S2/c1-30-19-5-3-2-4-18(19)25-10-8-24(9-11-25)14-16-6-7-20(27)26(16)12-13-31-22-23-17(15-32-22)21(28)29/h2-5,15-16H,6-14H2,1H3,(H,28,29)/t16-/m1/s1. The molecule has 1 aromatic heterocycles. The maximum absolute atomic E-state index is 12.5. The minimum Gasteiger partial charge on any atom is -0.495 e. The summed E-state index contributed by atoms with van der Waals surface area (Å²) in [5.41, 5.74) is 1.22. The molecule has 1 amide bonds. The first kappa shape index (κ1) is 22.9. The number of likely N-dealkylation sites (tertiary alicyclic amines) is 1. The molecule has 32 heavy (non-hydrogen) atoms. The van der Waals surface area contributed by atoms with Gasteiger partial charge in [-0.1, -0.05) is 23.9 Å². The number of hydrogen-bond acceptors (Lipinski definition) is 8. The van der Waals surface area contributed by atoms with Crippen molar-refractivity contribution in [3.63, 3.8) is 0 Å². The van der Waals surface area contributed by atoms with Gasteiger partial charge in [0.1, 0.15) is 5.75 Å². The van der Waals surface area contributed by atoms with E-state index >= 15 is 0 Å². The first-order valence-electron chi connectivity index (χ1n) is 10.8. The molecule has 2 aromatic rings. The Morgan fingerprint density at radius 2 is 2.06 bits per heavy atom. The molecule has 0 unspecified atom stereocenters. The monoisotopic (exact) mass is 476 g/mol. The van der Waals surface area contributed by atoms with Crippen LogP contribution in [0.5, 0.6) is 5.75 Å². The fourth-order valence-corrected chi connectivity index (χ4v) is 6.11. The largest absolute Gasteiger partial charge is 0.495 e. The summed E-state index contributed by atoms with van der Waals surface area (Å²) in [6.07, 6.45) is 1.51. The molecule has 0 saturated carbocycles. The molecular weight excluding hydrogens is 448 g/mol. The molecule has 0 aliphatic carbocycles. The molecule has 1 aromatic carbocycles. The van der Waals surface area contributed by atoms with Crippen LogP contribution in [-0.2, 0) is 4.79 Å². The Bertz CT molecular complexity index is 946. The highest BCUT2D eigenvalue weighted by molar-refractivity contribution is 8.01. The number of carbonyl (C=O) groups is 2. The number of benzene rings is 1. The van der Waals surface area contributed by atoms with Crippen LogP contribution in [-0.4, -0.2) is 89.9 Å². The van der Waals surface area contributed by atoms with Crippen molar-refractivity contribution in [3.8, 4) is 5.75 Å². The van der Waals surface area contributed by atoms with Gasteiger partial charge < -0.3 is 19.6 Å². The third kappa shape index (κ3) is 5.36. The number of rotatable bonds is 9. The molecule has 3 heterocycles. The third-order valence-electron chi connectivity index (χ3n) is 5.98. The second kappa shape index (κ2) is 10.5. The molecule has 0 bridgehead atoms. The van der Waals surface area contributed by atoms with E-state index in [4.69, 9.17) is 9.84 Å². The van der Waals surface area contributed by atoms with E-state index in [9.17, 15) is 9.59 Å². The molecule has 1 atom stereocenters. The fraction of sp³-hybridized carbons (Fsp3) is 0.500. The lowest BCUT2D eigenvalue weighted by atomic mass is 10.1. The molecule has 2 aliphatic heterocycles. The van der Waals surface area contributed by atoms with Gasteiger partial charge in [-0.25, -0.2) is 9.78 Å². The topological polar surface area (TPSA) is 86.2 Å². The van der Waals surface area contributed by atoms with Crippen molar-refractivity contribution in [1.29, 1.82) is 0 Å². The van der Waals surface area contributed by atoms with Gasteiger partial charge in [0.05, 0.1) is 12.8 Å². The first-order valence-corrected chi connectivity index (χ1v) is 12.6. The summed E-state index contributed by atoms with van der Waals surface area (Å²) < 4.78 is 6.24. The smallest absolute Gasteiger partial charge is 0.355 e. The van der Waals surface area contributed by atoms with Gasteiger partial charge in [0.2, 0.25) is 5.91 Å². The Labute approximate surface area is 196 Å². The summed E-state index contributed by atoms with van der Waals surface area (Å²) in [6.45, 7) is 5.36. The summed E-state index contributed by atoms with van der Waals surface area (Å²) in [4.78, 5) is 34.4. The van der Waals surface area contributed by atoms with Crippen LogP contribution in [0.2, 0.25) is 0 Å². The molecule has 2 saturated heterocycles. The van der Waals surface area contributed by atoms with E-state index in [1.807, 2.05) is 23.1 Å². The lowest BCUT2D eigenvalue weighted by Gasteiger charge is -2.38. The highest BCUT2D eigenvalue weighted by Crippen LogP contribution is 2.29. The van der Waals surface area contributed by atoms with Crippen molar-refractivity contribution in [3.05, 3.63) is 35.3 Å². The van der Waals surface area contributed by atoms with E-state index < -0.39 is 5.97 Å². The van der Waals surface area contributed by atoms with Crippen LogP contribution < -0.4 is 9.64 Å². The van der Waals surface area contributed by atoms with Crippen molar-refractivity contribution in [2.75, 3.05) is 57.0 Å². The SMILES string of the molecule is COc1ccccc1N1CCN(C[C@H]2CCC(=O)N2CCSc2nc(C(=O)O)cs2)CC1. The number of anilines is 1. The average Bonchev–Trinajstić information content (AvgIpc) is 3.42. The Balaban J connectivity index is 1.26. The Kier molecular flexibility index (Phi) is 7.54. The van der Waals surface area contributed by atoms with E-state index in [1.54, 1.807) is 12.5 Å². The van der Waals surface area contributed by atoms with Gasteiger partial charge in [0, 0.05) is 62.9 Å². The Morgan fingerprint density at radius 3 is 2.78 bits per heavy atom. The zero-order valence-electron chi connectivity index (χ0n) is 18.1. The van der Waals surface area contributed by atoms with Crippen LogP contribution >= 0.6 is 23.1 Å². The predicted molar refractivity (Wildman–Crippen MR) is 126 cm³/mol. The van der Waals surface area contributed by atoms with Crippen LogP contribution in [0.25, 0.3) is 0 Å². The number of ether oxygens (including phenoxy) is 1. The van der Waals surface area contributed by atoms with E-state index in [-0.39, 0.29) is 17.6 Å². The number of carboxylic acids is 1. The van der Waals surface area contributed by atoms with E-state index in [1.165, 1.54) is 23.1 Å². The summed E-state index contributed by atoms with van der Waals surface area (Å²) in [5.74, 6) is 0.833. The van der Waals surface area contributed by atoms with Crippen molar-refractivity contribution in [2.45, 2.75) is 23.2 Å². The minimum atomic E-state index is -1.01. The summed E-state index contributed by atoms with van der Waals surface area (Å²) >= 11 is 2.85. The lowest BCUT2D eigenvalue weighted by molar-refractivity contribution is -0.128. The molecule has 1 N–H and O–H groups in total. The minimum absolute atomic E-state index is 0.0832. The highest BCUT2D eigenvalue weighted by atomic mass is 32.2. The number of carboxylic acid groups (broad SMARTS) is 1. The number of hydrogen-bond donors (Lipinski definition) is 1. The molecule has 8 nitrogen and oxygen atoms in total. The number of thioether (sulfide) groups is 1. The summed E-state index contributed by atoms with van der Waals surface area (Å²) in [7, 11) is 1.71. The summed E-state index contributed by atoms with van der Waals surface area (Å²) in [5, 5.41) is 10.6. The highest BCUT2D eigenvalue weighted by Gasteiger charge is 2.32. The number of aromatic carboxylic acids is 1. The van der Waals surface area contributed by atoms with Crippen molar-refractivity contribution in [1.82, 2.24) is 14.8 Å². The van der Waals surface area contributed by atoms with Crippen molar-refractivity contribution < 1.29 is 19.4 Å². The van der Waals surface area contributed by atoms with Crippen molar-refractivity contribution >= 4 is 40.7 Å². The average molecular weight is 477 g/mol. The van der Waals surface area contributed by atoms with Gasteiger partial charge in [-0.3, -0.25) is 9.69 Å². The Hall–Kier alpha value is -2.30. The number of nitrogens with zero attached hydrogens (tertiary/aromatic N) is 4. The number of methoxy groups -OCH3 is 1. The van der Waals surface area contributed by atoms with Crippen LogP contribution in [0.3, 0.4) is 0 Å². The molecule has 2 fully saturated rings. The van der Waals surface area contributed by atoms with Gasteiger partial charge in [-0.15, -0.1) is 11.3 Å². The number of amides is 1. The van der Waals surface area contributed by atoms with Crippen LogP contribution in [0.15, 0.2) is 34.0 Å². The quantitative estimate of drug-likeness (QED) is 0.553. The zero-order valence-corrected chi connectivity index (χ0v) is 19.7. The van der Waals surface area contributed by atoms with Gasteiger partial charge in [-0.05, 0) is 18.6 Å². The first-order chi connectivity index (χ1) is 15.5. The van der Waals surface area contributed by atoms with E-state index in [0.717, 1.165) is 60.7 Å². The van der Waals surface area contributed by atoms with Crippen molar-refractivity contribution in [2.24, 2.45) is 0 Å². The maximum atomic E-state index is 12.5. The fourth-order valence-electron chi connectivity index (χ4n) is 4.30. The molecule has 0 spiro atoms. The molecular formula is C22H28N4O4S2. The number of para-hydroxylation sites is 2. The molecule has 2 aliphatic rings. The lowest BCUT2D eigenvalue weighted by Crippen LogP contribution is -2.51. The van der Waals surface area contributed by atoms with Gasteiger partial charge in [0.15, 0.2) is 10.0 Å². The number of carbonyl (C=O) groups excluding carboxylic acids is 1. The summed E-state index contributed by atoms with van der Waals surface area (Å²) in [6, 6.07) is 8.37. The van der Waals surface area contributed by atoms with Gasteiger partial charge in [0.25, 0.3) is 0 Å². The number of thiazole rings is 1. The third-order valence-corrected chi connectivity index (χ3v) is 7.98.